The Morgan fingerprint density at radius 2 is 1.95 bits per heavy atom. The molecule has 0 aliphatic carbocycles. The lowest BCUT2D eigenvalue weighted by Gasteiger charge is -2.10. The second-order valence-electron chi connectivity index (χ2n) is 4.39. The van der Waals surface area contributed by atoms with E-state index in [1.165, 1.54) is 0 Å². The molecule has 0 saturated heterocycles. The molecule has 0 atom stereocenters. The Morgan fingerprint density at radius 1 is 1.20 bits per heavy atom. The summed E-state index contributed by atoms with van der Waals surface area (Å²) in [5.74, 6) is 0.609. The molecule has 0 fully saturated rings. The first-order valence-electron chi connectivity index (χ1n) is 6.55. The van der Waals surface area contributed by atoms with Gasteiger partial charge in [0.25, 0.3) is 0 Å². The van der Waals surface area contributed by atoms with Crippen LogP contribution in [0.1, 0.15) is 12.5 Å². The molecule has 0 aliphatic heterocycles. The summed E-state index contributed by atoms with van der Waals surface area (Å²) in [4.78, 5) is 11.9. The molecule has 2 aromatic rings. The largest absolute Gasteiger partial charge is 0.494 e. The Balaban J connectivity index is 2.01. The summed E-state index contributed by atoms with van der Waals surface area (Å²) >= 11 is 0. The van der Waals surface area contributed by atoms with Crippen molar-refractivity contribution in [1.29, 1.82) is 0 Å². The van der Waals surface area contributed by atoms with Crippen LogP contribution in [0.5, 0.6) is 5.75 Å². The molecule has 0 aromatic heterocycles. The van der Waals surface area contributed by atoms with Crippen LogP contribution in [0.25, 0.3) is 0 Å². The monoisotopic (exact) mass is 270 g/mol. The molecule has 3 N–H and O–H groups in total. The molecule has 2 aromatic carbocycles. The van der Waals surface area contributed by atoms with Gasteiger partial charge in [-0.2, -0.15) is 0 Å². The normalized spacial score (nSPS) is 10.1. The zero-order chi connectivity index (χ0) is 14.4. The highest BCUT2D eigenvalue weighted by atomic mass is 16.5. The quantitative estimate of drug-likeness (QED) is 0.821. The average Bonchev–Trinajstić information content (AvgIpc) is 2.43. The van der Waals surface area contributed by atoms with E-state index in [9.17, 15) is 4.79 Å². The molecule has 1 amide bonds. The van der Waals surface area contributed by atoms with Crippen LogP contribution >= 0.6 is 0 Å². The van der Waals surface area contributed by atoms with Crippen molar-refractivity contribution < 1.29 is 9.53 Å². The van der Waals surface area contributed by atoms with Gasteiger partial charge in [-0.25, -0.2) is 0 Å². The number of nitrogens with two attached hydrogens (primary N) is 1. The first-order chi connectivity index (χ1) is 9.69. The van der Waals surface area contributed by atoms with E-state index in [-0.39, 0.29) is 5.91 Å². The van der Waals surface area contributed by atoms with Gasteiger partial charge in [-0.15, -0.1) is 0 Å². The SMILES string of the molecule is CCOc1ccc(NC(=O)Cc2ccccc2)c(N)c1. The molecule has 0 heterocycles. The molecule has 4 nitrogen and oxygen atoms in total. The van der Waals surface area contributed by atoms with Gasteiger partial charge >= 0.3 is 0 Å². The average molecular weight is 270 g/mol. The summed E-state index contributed by atoms with van der Waals surface area (Å²) in [5.41, 5.74) is 7.97. The van der Waals surface area contributed by atoms with Crippen LogP contribution in [0.2, 0.25) is 0 Å². The highest BCUT2D eigenvalue weighted by Crippen LogP contribution is 2.24. The van der Waals surface area contributed by atoms with Crippen LogP contribution in [0.3, 0.4) is 0 Å². The van der Waals surface area contributed by atoms with Crippen molar-refractivity contribution in [2.75, 3.05) is 17.7 Å². The molecule has 0 aliphatic rings. The fourth-order valence-corrected chi connectivity index (χ4v) is 1.89. The number of amides is 1. The molecule has 20 heavy (non-hydrogen) atoms. The van der Waals surface area contributed by atoms with Gasteiger partial charge in [0.2, 0.25) is 5.91 Å². The van der Waals surface area contributed by atoms with Gasteiger partial charge in [0.05, 0.1) is 24.4 Å². The predicted octanol–water partition coefficient (Wildman–Crippen LogP) is 2.85. The number of nitrogen functional groups attached to an aromatic ring is 1. The van der Waals surface area contributed by atoms with Crippen molar-refractivity contribution in [1.82, 2.24) is 0 Å². The zero-order valence-corrected chi connectivity index (χ0v) is 11.4. The molecular formula is C16H18N2O2. The van der Waals surface area contributed by atoms with E-state index >= 15 is 0 Å². The maximum Gasteiger partial charge on any atom is 0.228 e. The van der Waals surface area contributed by atoms with Crippen LogP contribution in [0.4, 0.5) is 11.4 Å². The minimum Gasteiger partial charge on any atom is -0.494 e. The van der Waals surface area contributed by atoms with E-state index in [1.54, 1.807) is 18.2 Å². The fourth-order valence-electron chi connectivity index (χ4n) is 1.89. The van der Waals surface area contributed by atoms with Gasteiger partial charge in [0.15, 0.2) is 0 Å². The summed E-state index contributed by atoms with van der Waals surface area (Å²) in [6, 6.07) is 14.8. The van der Waals surface area contributed by atoms with Crippen molar-refractivity contribution in [3.63, 3.8) is 0 Å². The highest BCUT2D eigenvalue weighted by molar-refractivity contribution is 5.95. The number of carbonyl (C=O) groups excluding carboxylic acids is 1. The van der Waals surface area contributed by atoms with E-state index in [0.717, 1.165) is 5.56 Å². The molecule has 0 radical (unpaired) electrons. The number of hydrogen-bond acceptors (Lipinski definition) is 3. The third-order valence-electron chi connectivity index (χ3n) is 2.82. The van der Waals surface area contributed by atoms with Gasteiger partial charge in [-0.05, 0) is 24.6 Å². The fraction of sp³-hybridized carbons (Fsp3) is 0.188. The Kier molecular flexibility index (Phi) is 4.60. The zero-order valence-electron chi connectivity index (χ0n) is 11.4. The topological polar surface area (TPSA) is 64.3 Å². The maximum absolute atomic E-state index is 11.9. The predicted molar refractivity (Wildman–Crippen MR) is 80.8 cm³/mol. The van der Waals surface area contributed by atoms with Crippen molar-refractivity contribution >= 4 is 17.3 Å². The maximum atomic E-state index is 11.9. The third kappa shape index (κ3) is 3.75. The van der Waals surface area contributed by atoms with E-state index in [4.69, 9.17) is 10.5 Å². The van der Waals surface area contributed by atoms with Gasteiger partial charge in [0.1, 0.15) is 5.75 Å². The molecule has 104 valence electrons. The molecule has 0 unspecified atom stereocenters. The Hall–Kier alpha value is -2.49. The Labute approximate surface area is 118 Å². The highest BCUT2D eigenvalue weighted by Gasteiger charge is 2.07. The second-order valence-corrected chi connectivity index (χ2v) is 4.39. The van der Waals surface area contributed by atoms with Gasteiger partial charge in [0, 0.05) is 6.07 Å². The number of anilines is 2. The number of nitrogens with one attached hydrogen (secondary N) is 1. The van der Waals surface area contributed by atoms with Crippen LogP contribution in [0, 0.1) is 0 Å². The first-order valence-corrected chi connectivity index (χ1v) is 6.55. The van der Waals surface area contributed by atoms with Crippen LogP contribution in [-0.2, 0) is 11.2 Å². The van der Waals surface area contributed by atoms with Gasteiger partial charge in [-0.1, -0.05) is 30.3 Å². The second kappa shape index (κ2) is 6.61. The summed E-state index contributed by atoms with van der Waals surface area (Å²) in [6.07, 6.45) is 0.327. The molecule has 4 heteroatoms. The number of ether oxygens (including phenoxy) is 1. The lowest BCUT2D eigenvalue weighted by Crippen LogP contribution is -2.15. The van der Waals surface area contributed by atoms with Crippen LogP contribution in [-0.4, -0.2) is 12.5 Å². The van der Waals surface area contributed by atoms with Crippen molar-refractivity contribution in [2.24, 2.45) is 0 Å². The lowest BCUT2D eigenvalue weighted by atomic mass is 10.1. The Morgan fingerprint density at radius 3 is 2.60 bits per heavy atom. The summed E-state index contributed by atoms with van der Waals surface area (Å²) < 4.78 is 5.35. The molecular weight excluding hydrogens is 252 g/mol. The lowest BCUT2D eigenvalue weighted by molar-refractivity contribution is -0.115. The third-order valence-corrected chi connectivity index (χ3v) is 2.82. The van der Waals surface area contributed by atoms with Crippen molar-refractivity contribution in [3.05, 3.63) is 54.1 Å². The molecule has 0 saturated carbocycles. The van der Waals surface area contributed by atoms with E-state index in [1.807, 2.05) is 37.3 Å². The standard InChI is InChI=1S/C16H18N2O2/c1-2-20-13-8-9-15(14(17)11-13)18-16(19)10-12-6-4-3-5-7-12/h3-9,11H,2,10,17H2,1H3,(H,18,19). The van der Waals surface area contributed by atoms with Gasteiger partial charge < -0.3 is 15.8 Å². The minimum atomic E-state index is -0.0907. The molecule has 0 spiro atoms. The number of rotatable bonds is 5. The van der Waals surface area contributed by atoms with Crippen molar-refractivity contribution in [2.45, 2.75) is 13.3 Å². The van der Waals surface area contributed by atoms with Crippen LogP contribution < -0.4 is 15.8 Å². The van der Waals surface area contributed by atoms with E-state index < -0.39 is 0 Å². The first kappa shape index (κ1) is 13.9. The van der Waals surface area contributed by atoms with Crippen molar-refractivity contribution in [3.8, 4) is 5.75 Å². The summed E-state index contributed by atoms with van der Waals surface area (Å²) in [5, 5.41) is 2.81. The smallest absolute Gasteiger partial charge is 0.228 e. The summed E-state index contributed by atoms with van der Waals surface area (Å²) in [6.45, 7) is 2.49. The van der Waals surface area contributed by atoms with E-state index in [0.29, 0.717) is 30.2 Å². The number of benzene rings is 2. The minimum absolute atomic E-state index is 0.0907. The summed E-state index contributed by atoms with van der Waals surface area (Å²) in [7, 11) is 0. The molecule has 2 rings (SSSR count). The van der Waals surface area contributed by atoms with Crippen LogP contribution in [0.15, 0.2) is 48.5 Å². The molecule has 0 bridgehead atoms. The number of carbonyl (C=O) groups is 1. The Bertz CT molecular complexity index is 582. The number of hydrogen-bond donors (Lipinski definition) is 2. The van der Waals surface area contributed by atoms with Gasteiger partial charge in [-0.3, -0.25) is 4.79 Å². The van der Waals surface area contributed by atoms with E-state index in [2.05, 4.69) is 5.32 Å².